The highest BCUT2D eigenvalue weighted by Gasteiger charge is 2.63. The van der Waals surface area contributed by atoms with Crippen LogP contribution in [0.3, 0.4) is 0 Å². The Kier molecular flexibility index (Phi) is 4.34. The zero-order valence-electron chi connectivity index (χ0n) is 17.5. The lowest BCUT2D eigenvalue weighted by Crippen LogP contribution is -2.48. The van der Waals surface area contributed by atoms with Gasteiger partial charge in [-0.05, 0) is 26.8 Å². The molecule has 32 heavy (non-hydrogen) atoms. The first-order valence-corrected chi connectivity index (χ1v) is 10.1. The molecule has 2 fully saturated rings. The number of hydrogen-bond donors (Lipinski definition) is 4. The number of ketones is 2. The molecule has 2 saturated heterocycles. The number of phenols is 2. The minimum atomic E-state index is -1.73. The number of carbonyl (C=O) groups is 2. The molecule has 0 saturated carbocycles. The van der Waals surface area contributed by atoms with Crippen molar-refractivity contribution < 1.29 is 44.2 Å². The number of aromatic hydroxyl groups is 2. The van der Waals surface area contributed by atoms with E-state index in [0.717, 1.165) is 6.07 Å². The molecule has 0 amide bonds. The van der Waals surface area contributed by atoms with E-state index < -0.39 is 64.6 Å². The fourth-order valence-corrected chi connectivity index (χ4v) is 4.73. The molecule has 0 aromatic heterocycles. The summed E-state index contributed by atoms with van der Waals surface area (Å²) in [6.45, 7) is 4.71. The zero-order chi connectivity index (χ0) is 23.2. The van der Waals surface area contributed by atoms with Gasteiger partial charge in [0, 0.05) is 16.7 Å². The molecule has 2 aliphatic heterocycles. The third-order valence-corrected chi connectivity index (χ3v) is 6.28. The molecular weight excluding hydrogens is 420 g/mol. The Morgan fingerprint density at radius 1 is 0.969 bits per heavy atom. The van der Waals surface area contributed by atoms with Crippen molar-refractivity contribution >= 4 is 11.6 Å². The van der Waals surface area contributed by atoms with Gasteiger partial charge in [-0.15, -0.1) is 0 Å². The summed E-state index contributed by atoms with van der Waals surface area (Å²) in [4.78, 5) is 25.9. The van der Waals surface area contributed by atoms with Crippen molar-refractivity contribution in [2.24, 2.45) is 0 Å². The molecule has 1 aliphatic carbocycles. The Morgan fingerprint density at radius 2 is 1.56 bits per heavy atom. The molecule has 0 spiro atoms. The summed E-state index contributed by atoms with van der Waals surface area (Å²) in [6.07, 6.45) is -4.88. The molecular formula is C23H22O9. The van der Waals surface area contributed by atoms with E-state index in [4.69, 9.17) is 14.2 Å². The van der Waals surface area contributed by atoms with Gasteiger partial charge < -0.3 is 34.6 Å². The molecule has 2 aromatic carbocycles. The molecule has 5 rings (SSSR count). The van der Waals surface area contributed by atoms with Crippen LogP contribution in [-0.4, -0.2) is 61.9 Å². The summed E-state index contributed by atoms with van der Waals surface area (Å²) in [5.74, 6) is -3.53. The molecule has 3 aliphatic rings. The van der Waals surface area contributed by atoms with Gasteiger partial charge in [0.2, 0.25) is 0 Å². The molecule has 2 aromatic rings. The first-order valence-electron chi connectivity index (χ1n) is 10.1. The van der Waals surface area contributed by atoms with Crippen LogP contribution in [0.2, 0.25) is 0 Å². The van der Waals surface area contributed by atoms with Crippen molar-refractivity contribution in [1.29, 1.82) is 0 Å². The van der Waals surface area contributed by atoms with Crippen molar-refractivity contribution in [2.45, 2.75) is 56.8 Å². The Hall–Kier alpha value is -2.82. The predicted molar refractivity (Wildman–Crippen MR) is 107 cm³/mol. The Bertz CT molecular complexity index is 1170. The van der Waals surface area contributed by atoms with Crippen LogP contribution in [0.15, 0.2) is 30.3 Å². The lowest BCUT2D eigenvalue weighted by Gasteiger charge is -2.33. The topological polar surface area (TPSA) is 143 Å². The monoisotopic (exact) mass is 442 g/mol. The van der Waals surface area contributed by atoms with Crippen molar-refractivity contribution in [3.05, 3.63) is 58.1 Å². The number of aliphatic hydroxyl groups excluding tert-OH is 1. The van der Waals surface area contributed by atoms with Gasteiger partial charge in [0.05, 0.1) is 11.1 Å². The second kappa shape index (κ2) is 6.60. The van der Waals surface area contributed by atoms with E-state index in [0.29, 0.717) is 0 Å². The van der Waals surface area contributed by atoms with Gasteiger partial charge in [-0.2, -0.15) is 0 Å². The summed E-state index contributed by atoms with van der Waals surface area (Å²) >= 11 is 0. The molecule has 0 bridgehead atoms. The summed E-state index contributed by atoms with van der Waals surface area (Å²) in [6, 6.07) is 7.07. The van der Waals surface area contributed by atoms with E-state index in [1.165, 1.54) is 19.1 Å². The Balaban J connectivity index is 1.57. The van der Waals surface area contributed by atoms with E-state index in [-0.39, 0.29) is 22.3 Å². The van der Waals surface area contributed by atoms with Gasteiger partial charge in [-0.3, -0.25) is 9.59 Å². The Morgan fingerprint density at radius 3 is 2.16 bits per heavy atom. The highest BCUT2D eigenvalue weighted by Crippen LogP contribution is 2.49. The summed E-state index contributed by atoms with van der Waals surface area (Å²) in [5.41, 5.74) is -2.57. The van der Waals surface area contributed by atoms with Crippen LogP contribution in [0.25, 0.3) is 0 Å². The van der Waals surface area contributed by atoms with Crippen molar-refractivity contribution in [3.63, 3.8) is 0 Å². The molecule has 5 unspecified atom stereocenters. The van der Waals surface area contributed by atoms with E-state index in [1.807, 2.05) is 0 Å². The highest BCUT2D eigenvalue weighted by molar-refractivity contribution is 6.30. The van der Waals surface area contributed by atoms with Crippen molar-refractivity contribution in [1.82, 2.24) is 0 Å². The maximum Gasteiger partial charge on any atom is 0.198 e. The van der Waals surface area contributed by atoms with Crippen LogP contribution in [0.1, 0.15) is 64.3 Å². The fraction of sp³-hybridized carbons (Fsp3) is 0.391. The number of ether oxygens (including phenoxy) is 3. The van der Waals surface area contributed by atoms with Crippen LogP contribution >= 0.6 is 0 Å². The predicted octanol–water partition coefficient (Wildman–Crippen LogP) is 1.53. The number of benzene rings is 2. The molecule has 2 heterocycles. The lowest BCUT2D eigenvalue weighted by molar-refractivity contribution is -0.240. The molecule has 168 valence electrons. The standard InChI is InChI=1S/C23H22O9/c1-22(2)31-20-21(32-22)30-19(23(20,3)29)18(28)11-8-12(24)13-14(17(11)27)16(26)10-7-5-4-6-9(10)15(13)25/h4-8,18-21,24,27-29H,1-3H3. The average Bonchev–Trinajstić information content (AvgIpc) is 3.17. The molecule has 9 heteroatoms. The van der Waals surface area contributed by atoms with Crippen molar-refractivity contribution in [3.8, 4) is 11.5 Å². The molecule has 0 radical (unpaired) electrons. The fourth-order valence-electron chi connectivity index (χ4n) is 4.73. The summed E-state index contributed by atoms with van der Waals surface area (Å²) < 4.78 is 17.0. The van der Waals surface area contributed by atoms with Crippen LogP contribution in [0.5, 0.6) is 11.5 Å². The quantitative estimate of drug-likeness (QED) is 0.435. The average molecular weight is 442 g/mol. The SMILES string of the molecule is CC1(C)OC2OC(C(O)c3cc(O)c4c(c3O)C(=O)c3ccccc3C4=O)C(C)(O)C2O1. The van der Waals surface area contributed by atoms with Gasteiger partial charge in [-0.25, -0.2) is 0 Å². The van der Waals surface area contributed by atoms with Gasteiger partial charge in [0.1, 0.15) is 35.4 Å². The van der Waals surface area contributed by atoms with Crippen LogP contribution in [0.4, 0.5) is 0 Å². The number of fused-ring (bicyclic) bond motifs is 3. The largest absolute Gasteiger partial charge is 0.507 e. The first-order chi connectivity index (χ1) is 14.9. The van der Waals surface area contributed by atoms with Gasteiger partial charge in [-0.1, -0.05) is 24.3 Å². The summed E-state index contributed by atoms with van der Waals surface area (Å²) in [7, 11) is 0. The van der Waals surface area contributed by atoms with Gasteiger partial charge in [0.15, 0.2) is 23.6 Å². The summed E-state index contributed by atoms with van der Waals surface area (Å²) in [5, 5.41) is 43.6. The zero-order valence-corrected chi connectivity index (χ0v) is 17.5. The highest BCUT2D eigenvalue weighted by atomic mass is 16.8. The van der Waals surface area contributed by atoms with Crippen LogP contribution in [-0.2, 0) is 14.2 Å². The number of carbonyl (C=O) groups excluding carboxylic acids is 2. The molecule has 4 N–H and O–H groups in total. The third-order valence-electron chi connectivity index (χ3n) is 6.28. The second-order valence-corrected chi connectivity index (χ2v) is 8.94. The number of phenolic OH excluding ortho intramolecular Hbond substituents is 2. The second-order valence-electron chi connectivity index (χ2n) is 8.94. The lowest BCUT2D eigenvalue weighted by atomic mass is 9.80. The number of hydrogen-bond acceptors (Lipinski definition) is 9. The van der Waals surface area contributed by atoms with E-state index in [2.05, 4.69) is 0 Å². The maximum atomic E-state index is 13.1. The van der Waals surface area contributed by atoms with Gasteiger partial charge >= 0.3 is 0 Å². The van der Waals surface area contributed by atoms with E-state index in [9.17, 15) is 30.0 Å². The Labute approximate surface area is 182 Å². The van der Waals surface area contributed by atoms with E-state index >= 15 is 0 Å². The minimum Gasteiger partial charge on any atom is -0.507 e. The molecule has 5 atom stereocenters. The smallest absolute Gasteiger partial charge is 0.198 e. The maximum absolute atomic E-state index is 13.1. The number of aliphatic hydroxyl groups is 2. The molecule has 9 nitrogen and oxygen atoms in total. The van der Waals surface area contributed by atoms with Crippen molar-refractivity contribution in [2.75, 3.05) is 0 Å². The van der Waals surface area contributed by atoms with Crippen LogP contribution in [0, 0.1) is 0 Å². The minimum absolute atomic E-state index is 0.0778. The van der Waals surface area contributed by atoms with Gasteiger partial charge in [0.25, 0.3) is 0 Å². The first kappa shape index (κ1) is 21.0. The van der Waals surface area contributed by atoms with Crippen LogP contribution < -0.4 is 0 Å². The normalized spacial score (nSPS) is 31.2. The number of rotatable bonds is 2. The third kappa shape index (κ3) is 2.76. The van der Waals surface area contributed by atoms with E-state index in [1.54, 1.807) is 26.0 Å².